The zero-order valence-corrected chi connectivity index (χ0v) is 20.0. The maximum atomic E-state index is 10.3. The molecule has 0 aromatic heterocycles. The molecular formula is C32H14N4O3. The van der Waals surface area contributed by atoms with Gasteiger partial charge in [0.1, 0.15) is 52.7 Å². The monoisotopic (exact) mass is 502 g/mol. The summed E-state index contributed by atoms with van der Waals surface area (Å²) in [6, 6.07) is 25.7. The smallest absolute Gasteiger partial charge is 0.138 e. The molecule has 0 unspecified atom stereocenters. The fraction of sp³-hybridized carbons (Fsp3) is 0. The Morgan fingerprint density at radius 1 is 0.436 bits per heavy atom. The Kier molecular flexibility index (Phi) is 4.98. The van der Waals surface area contributed by atoms with Crippen molar-refractivity contribution in [3.8, 4) is 74.9 Å². The lowest BCUT2D eigenvalue weighted by Crippen LogP contribution is -1.95. The van der Waals surface area contributed by atoms with Crippen LogP contribution in [0, 0.1) is 45.3 Å². The van der Waals surface area contributed by atoms with Crippen molar-refractivity contribution in [2.45, 2.75) is 0 Å². The van der Waals surface area contributed by atoms with Crippen LogP contribution in [0.25, 0.3) is 44.5 Å². The van der Waals surface area contributed by atoms with E-state index < -0.39 is 0 Å². The first-order valence-corrected chi connectivity index (χ1v) is 11.7. The summed E-state index contributed by atoms with van der Waals surface area (Å²) in [5, 5.41) is 70.1. The molecule has 4 aromatic rings. The van der Waals surface area contributed by atoms with Gasteiger partial charge >= 0.3 is 0 Å². The SMILES string of the molecule is N#CC(C#N)=C1c2cc(O)ccc2-c2c1cc1c(c2-c2ccc(O)cc2)-c2ccc(O)cc2C1=C(C#N)C#N. The minimum Gasteiger partial charge on any atom is -0.508 e. The van der Waals surface area contributed by atoms with E-state index in [4.69, 9.17) is 0 Å². The average Bonchev–Trinajstić information content (AvgIpc) is 3.42. The third-order valence-electron chi connectivity index (χ3n) is 7.05. The van der Waals surface area contributed by atoms with Crippen molar-refractivity contribution >= 4 is 11.1 Å². The van der Waals surface area contributed by atoms with Gasteiger partial charge in [-0.1, -0.05) is 24.3 Å². The Hall–Kier alpha value is -6.28. The van der Waals surface area contributed by atoms with Crippen LogP contribution in [0.4, 0.5) is 0 Å². The van der Waals surface area contributed by atoms with Crippen molar-refractivity contribution in [1.82, 2.24) is 0 Å². The van der Waals surface area contributed by atoms with Crippen molar-refractivity contribution < 1.29 is 15.3 Å². The lowest BCUT2D eigenvalue weighted by molar-refractivity contribution is 0.474. The van der Waals surface area contributed by atoms with E-state index in [1.165, 1.54) is 24.3 Å². The summed E-state index contributed by atoms with van der Waals surface area (Å²) in [4.78, 5) is 0. The van der Waals surface area contributed by atoms with Crippen molar-refractivity contribution in [2.75, 3.05) is 0 Å². The number of phenols is 3. The van der Waals surface area contributed by atoms with Crippen molar-refractivity contribution in [2.24, 2.45) is 0 Å². The van der Waals surface area contributed by atoms with Gasteiger partial charge in [-0.3, -0.25) is 0 Å². The molecule has 7 heteroatoms. The normalized spacial score (nSPS) is 11.7. The van der Waals surface area contributed by atoms with Crippen molar-refractivity contribution in [1.29, 1.82) is 21.0 Å². The van der Waals surface area contributed by atoms with Gasteiger partial charge in [-0.05, 0) is 98.1 Å². The van der Waals surface area contributed by atoms with Crippen LogP contribution >= 0.6 is 0 Å². The molecule has 2 aliphatic rings. The van der Waals surface area contributed by atoms with Crippen LogP contribution in [0.5, 0.6) is 17.2 Å². The van der Waals surface area contributed by atoms with E-state index in [-0.39, 0.29) is 28.4 Å². The highest BCUT2D eigenvalue weighted by atomic mass is 16.3. The lowest BCUT2D eigenvalue weighted by Gasteiger charge is -2.17. The van der Waals surface area contributed by atoms with E-state index in [1.807, 2.05) is 24.3 Å². The molecule has 0 aliphatic heterocycles. The number of rotatable bonds is 1. The van der Waals surface area contributed by atoms with Crippen LogP contribution in [0.3, 0.4) is 0 Å². The molecule has 6 rings (SSSR count). The van der Waals surface area contributed by atoms with E-state index in [9.17, 15) is 36.4 Å². The fourth-order valence-electron chi connectivity index (χ4n) is 5.57. The number of aromatic hydroxyl groups is 3. The van der Waals surface area contributed by atoms with Gasteiger partial charge in [0.15, 0.2) is 0 Å². The van der Waals surface area contributed by atoms with E-state index in [1.54, 1.807) is 42.5 Å². The second-order valence-electron chi connectivity index (χ2n) is 9.05. The van der Waals surface area contributed by atoms with Gasteiger partial charge in [-0.15, -0.1) is 0 Å². The number of benzene rings is 4. The molecule has 7 nitrogen and oxygen atoms in total. The summed E-state index contributed by atoms with van der Waals surface area (Å²) in [6.07, 6.45) is 0. The van der Waals surface area contributed by atoms with E-state index >= 15 is 0 Å². The molecule has 0 heterocycles. The lowest BCUT2D eigenvalue weighted by atomic mass is 9.85. The molecule has 0 saturated heterocycles. The van der Waals surface area contributed by atoms with Crippen LogP contribution < -0.4 is 0 Å². The van der Waals surface area contributed by atoms with Gasteiger partial charge in [-0.2, -0.15) is 21.0 Å². The van der Waals surface area contributed by atoms with E-state index in [2.05, 4.69) is 0 Å². The predicted molar refractivity (Wildman–Crippen MR) is 142 cm³/mol. The van der Waals surface area contributed by atoms with E-state index in [0.29, 0.717) is 66.8 Å². The summed E-state index contributed by atoms with van der Waals surface area (Å²) in [5.74, 6) is -0.0105. The van der Waals surface area contributed by atoms with E-state index in [0.717, 1.165) is 0 Å². The zero-order chi connectivity index (χ0) is 27.4. The molecule has 180 valence electrons. The van der Waals surface area contributed by atoms with Gasteiger partial charge in [0.05, 0.1) is 0 Å². The number of phenolic OH excluding ortho intramolecular Hbond substituents is 3. The number of hydrogen-bond donors (Lipinski definition) is 3. The quantitative estimate of drug-likeness (QED) is 0.228. The molecule has 0 spiro atoms. The van der Waals surface area contributed by atoms with Gasteiger partial charge in [0.25, 0.3) is 0 Å². The Balaban J connectivity index is 1.90. The second-order valence-corrected chi connectivity index (χ2v) is 9.05. The Morgan fingerprint density at radius 3 is 1.26 bits per heavy atom. The number of allylic oxidation sites excluding steroid dienone is 2. The molecule has 0 saturated carbocycles. The van der Waals surface area contributed by atoms with Gasteiger partial charge < -0.3 is 15.3 Å². The third kappa shape index (κ3) is 3.19. The molecule has 39 heavy (non-hydrogen) atoms. The minimum absolute atomic E-state index is 0.0364. The summed E-state index contributed by atoms with van der Waals surface area (Å²) >= 11 is 0. The molecule has 0 amide bonds. The first-order valence-electron chi connectivity index (χ1n) is 11.7. The number of nitriles is 4. The van der Waals surface area contributed by atoms with Crippen molar-refractivity contribution in [3.05, 3.63) is 100 Å². The van der Waals surface area contributed by atoms with Crippen LogP contribution in [0.2, 0.25) is 0 Å². The minimum atomic E-state index is -0.156. The Morgan fingerprint density at radius 2 is 0.846 bits per heavy atom. The molecule has 3 N–H and O–H groups in total. The summed E-state index contributed by atoms with van der Waals surface area (Å²) in [6.45, 7) is 0. The first-order chi connectivity index (χ1) is 18.9. The summed E-state index contributed by atoms with van der Waals surface area (Å²) < 4.78 is 0. The van der Waals surface area contributed by atoms with Gasteiger partial charge in [0, 0.05) is 11.1 Å². The molecule has 0 fully saturated rings. The largest absolute Gasteiger partial charge is 0.508 e. The molecule has 0 bridgehead atoms. The molecule has 2 aliphatic carbocycles. The number of nitrogens with zero attached hydrogens (tertiary/aromatic N) is 4. The molecule has 0 radical (unpaired) electrons. The average molecular weight is 502 g/mol. The van der Waals surface area contributed by atoms with Gasteiger partial charge in [-0.25, -0.2) is 0 Å². The Labute approximate surface area is 222 Å². The molecule has 4 aromatic carbocycles. The van der Waals surface area contributed by atoms with Crippen LogP contribution in [0.15, 0.2) is 77.9 Å². The highest BCUT2D eigenvalue weighted by Gasteiger charge is 2.37. The molecule has 0 atom stereocenters. The fourth-order valence-corrected chi connectivity index (χ4v) is 5.57. The first kappa shape index (κ1) is 23.1. The van der Waals surface area contributed by atoms with Crippen LogP contribution in [-0.4, -0.2) is 15.3 Å². The maximum Gasteiger partial charge on any atom is 0.138 e. The zero-order valence-electron chi connectivity index (χ0n) is 20.0. The second kappa shape index (κ2) is 8.39. The predicted octanol–water partition coefficient (Wildman–Crippen LogP) is 6.13. The summed E-state index contributed by atoms with van der Waals surface area (Å²) in [7, 11) is 0. The highest BCUT2D eigenvalue weighted by Crippen LogP contribution is 2.59. The molecular weight excluding hydrogens is 488 g/mol. The van der Waals surface area contributed by atoms with Crippen LogP contribution in [-0.2, 0) is 0 Å². The topological polar surface area (TPSA) is 156 Å². The highest BCUT2D eigenvalue weighted by molar-refractivity contribution is 6.17. The summed E-state index contributed by atoms with van der Waals surface area (Å²) in [5.41, 5.74) is 6.57. The van der Waals surface area contributed by atoms with Gasteiger partial charge in [0.2, 0.25) is 0 Å². The Bertz CT molecular complexity index is 1870. The number of hydrogen-bond acceptors (Lipinski definition) is 7. The van der Waals surface area contributed by atoms with Crippen molar-refractivity contribution in [3.63, 3.8) is 0 Å². The number of fused-ring (bicyclic) bond motifs is 6. The standard InChI is InChI=1S/C32H14N4O3/c33-12-17(13-34)28-24-9-20(38)5-7-22(24)31-26(28)11-27-29(18(14-35)15-36)25-10-21(39)6-8-23(25)32(27)30(31)16-1-3-19(37)4-2-16/h1-11,37-39H. The van der Waals surface area contributed by atoms with Crippen LogP contribution in [0.1, 0.15) is 22.3 Å². The maximum absolute atomic E-state index is 10.3. The third-order valence-corrected chi connectivity index (χ3v) is 7.05.